The maximum Gasteiger partial charge on any atom is 0.262 e. The molecule has 0 heterocycles. The van der Waals surface area contributed by atoms with E-state index in [1.807, 2.05) is 36.4 Å². The molecule has 5 heteroatoms. The van der Waals surface area contributed by atoms with E-state index in [0.29, 0.717) is 5.39 Å². The van der Waals surface area contributed by atoms with Crippen molar-refractivity contribution in [2.24, 2.45) is 0 Å². The highest BCUT2D eigenvalue weighted by molar-refractivity contribution is 7.92. The number of phenolic OH excluding ortho intramolecular Hbond substituents is 1. The lowest BCUT2D eigenvalue weighted by atomic mass is 10.1. The normalized spacial score (nSPS) is 11.7. The second-order valence-electron chi connectivity index (χ2n) is 5.80. The Labute approximate surface area is 145 Å². The van der Waals surface area contributed by atoms with E-state index in [0.717, 1.165) is 16.2 Å². The van der Waals surface area contributed by atoms with Gasteiger partial charge in [-0.15, -0.1) is 0 Å². The van der Waals surface area contributed by atoms with Gasteiger partial charge >= 0.3 is 0 Å². The molecule has 0 spiro atoms. The van der Waals surface area contributed by atoms with Gasteiger partial charge < -0.3 is 5.11 Å². The predicted molar refractivity (Wildman–Crippen MR) is 100 cm³/mol. The van der Waals surface area contributed by atoms with Gasteiger partial charge in [-0.25, -0.2) is 8.42 Å². The van der Waals surface area contributed by atoms with Gasteiger partial charge in [0, 0.05) is 5.39 Å². The molecule has 2 N–H and O–H groups in total. The van der Waals surface area contributed by atoms with Crippen molar-refractivity contribution in [1.29, 1.82) is 0 Å². The number of phenols is 1. The van der Waals surface area contributed by atoms with Crippen LogP contribution in [0.15, 0.2) is 83.8 Å². The average Bonchev–Trinajstić information content (AvgIpc) is 2.63. The Balaban J connectivity index is 1.82. The summed E-state index contributed by atoms with van der Waals surface area (Å²) >= 11 is 0. The first-order valence-electron chi connectivity index (χ1n) is 7.77. The molecule has 0 saturated heterocycles. The van der Waals surface area contributed by atoms with Gasteiger partial charge in [0.25, 0.3) is 10.0 Å². The molecule has 4 nitrogen and oxygen atoms in total. The highest BCUT2D eigenvalue weighted by atomic mass is 32.2. The molecule has 0 fully saturated rings. The fourth-order valence-corrected chi connectivity index (χ4v) is 4.03. The highest BCUT2D eigenvalue weighted by Gasteiger charge is 2.18. The summed E-state index contributed by atoms with van der Waals surface area (Å²) in [5.41, 5.74) is 0.186. The first-order chi connectivity index (χ1) is 12.0. The Hall–Kier alpha value is -3.05. The number of hydrogen-bond acceptors (Lipinski definition) is 3. The third-order valence-electron chi connectivity index (χ3n) is 4.17. The molecular formula is C20H15NO3S. The second-order valence-corrected chi connectivity index (χ2v) is 7.48. The zero-order valence-electron chi connectivity index (χ0n) is 13.2. The molecule has 0 amide bonds. The molecule has 0 radical (unpaired) electrons. The Kier molecular flexibility index (Phi) is 3.58. The number of fused-ring (bicyclic) bond motifs is 2. The number of aromatic hydroxyl groups is 1. The van der Waals surface area contributed by atoms with Crippen LogP contribution in [-0.4, -0.2) is 13.5 Å². The number of sulfonamides is 1. The number of hydrogen-bond donors (Lipinski definition) is 2. The standard InChI is InChI=1S/C20H15NO3S/c22-19-12-10-15-6-3-4-8-18(15)20(19)21-25(23,24)17-11-9-14-5-1-2-7-16(14)13-17/h1-13,21-22H. The minimum atomic E-state index is -3.83. The van der Waals surface area contributed by atoms with E-state index in [2.05, 4.69) is 4.72 Å². The van der Waals surface area contributed by atoms with Gasteiger partial charge in [-0.1, -0.05) is 60.7 Å². The van der Waals surface area contributed by atoms with Crippen LogP contribution in [0.1, 0.15) is 0 Å². The van der Waals surface area contributed by atoms with Gasteiger partial charge in [-0.05, 0) is 34.4 Å². The van der Waals surface area contributed by atoms with Gasteiger partial charge in [0.2, 0.25) is 0 Å². The Morgan fingerprint density at radius 2 is 1.36 bits per heavy atom. The zero-order chi connectivity index (χ0) is 17.4. The van der Waals surface area contributed by atoms with E-state index < -0.39 is 10.0 Å². The largest absolute Gasteiger partial charge is 0.506 e. The first kappa shape index (κ1) is 15.5. The van der Waals surface area contributed by atoms with Crippen molar-refractivity contribution in [2.75, 3.05) is 4.72 Å². The van der Waals surface area contributed by atoms with Crippen molar-refractivity contribution in [1.82, 2.24) is 0 Å². The van der Waals surface area contributed by atoms with Crippen molar-refractivity contribution in [3.8, 4) is 5.75 Å². The Morgan fingerprint density at radius 3 is 2.16 bits per heavy atom. The van der Waals surface area contributed by atoms with Crippen molar-refractivity contribution in [3.05, 3.63) is 78.9 Å². The third kappa shape index (κ3) is 2.79. The number of nitrogens with one attached hydrogen (secondary N) is 1. The van der Waals surface area contributed by atoms with Crippen LogP contribution in [0, 0.1) is 0 Å². The molecule has 0 saturated carbocycles. The molecule has 0 aromatic heterocycles. The third-order valence-corrected chi connectivity index (χ3v) is 5.52. The molecule has 0 unspecified atom stereocenters. The molecule has 25 heavy (non-hydrogen) atoms. The fraction of sp³-hybridized carbons (Fsp3) is 0. The van der Waals surface area contributed by atoms with E-state index in [1.165, 1.54) is 6.07 Å². The molecule has 0 bridgehead atoms. The van der Waals surface area contributed by atoms with Crippen LogP contribution in [0.5, 0.6) is 5.75 Å². The number of benzene rings is 4. The number of rotatable bonds is 3. The van der Waals surface area contributed by atoms with Crippen LogP contribution >= 0.6 is 0 Å². The lowest BCUT2D eigenvalue weighted by Crippen LogP contribution is -2.13. The van der Waals surface area contributed by atoms with E-state index in [-0.39, 0.29) is 16.3 Å². The fourth-order valence-electron chi connectivity index (χ4n) is 2.90. The van der Waals surface area contributed by atoms with Crippen molar-refractivity contribution in [2.45, 2.75) is 4.90 Å². The smallest absolute Gasteiger partial charge is 0.262 e. The average molecular weight is 349 g/mol. The van der Waals surface area contributed by atoms with E-state index in [4.69, 9.17) is 0 Å². The highest BCUT2D eigenvalue weighted by Crippen LogP contribution is 2.34. The van der Waals surface area contributed by atoms with Crippen LogP contribution in [-0.2, 0) is 10.0 Å². The second kappa shape index (κ2) is 5.79. The first-order valence-corrected chi connectivity index (χ1v) is 9.25. The lowest BCUT2D eigenvalue weighted by molar-refractivity contribution is 0.478. The van der Waals surface area contributed by atoms with Gasteiger partial charge in [-0.3, -0.25) is 4.72 Å². The SMILES string of the molecule is O=S(=O)(Nc1c(O)ccc2ccccc12)c1ccc2ccccc2c1. The molecular weight excluding hydrogens is 334 g/mol. The molecule has 4 aromatic carbocycles. The monoisotopic (exact) mass is 349 g/mol. The van der Waals surface area contributed by atoms with E-state index in [1.54, 1.807) is 36.4 Å². The molecule has 0 aliphatic rings. The van der Waals surface area contributed by atoms with Crippen molar-refractivity contribution < 1.29 is 13.5 Å². The van der Waals surface area contributed by atoms with Crippen LogP contribution in [0.2, 0.25) is 0 Å². The number of anilines is 1. The topological polar surface area (TPSA) is 66.4 Å². The van der Waals surface area contributed by atoms with E-state index in [9.17, 15) is 13.5 Å². The lowest BCUT2D eigenvalue weighted by Gasteiger charge is -2.13. The van der Waals surface area contributed by atoms with Crippen LogP contribution in [0.3, 0.4) is 0 Å². The summed E-state index contributed by atoms with van der Waals surface area (Å²) in [6.07, 6.45) is 0. The summed E-state index contributed by atoms with van der Waals surface area (Å²) in [5, 5.41) is 13.5. The molecule has 4 aromatic rings. The van der Waals surface area contributed by atoms with Crippen LogP contribution < -0.4 is 4.72 Å². The minimum Gasteiger partial charge on any atom is -0.506 e. The van der Waals surface area contributed by atoms with Gasteiger partial charge in [0.1, 0.15) is 5.75 Å². The van der Waals surface area contributed by atoms with Crippen LogP contribution in [0.4, 0.5) is 5.69 Å². The molecule has 0 aliphatic heterocycles. The predicted octanol–water partition coefficient (Wildman–Crippen LogP) is 4.50. The van der Waals surface area contributed by atoms with Crippen LogP contribution in [0.25, 0.3) is 21.5 Å². The van der Waals surface area contributed by atoms with Gasteiger partial charge in [0.15, 0.2) is 0 Å². The quantitative estimate of drug-likeness (QED) is 0.535. The Morgan fingerprint density at radius 1 is 0.720 bits per heavy atom. The maximum atomic E-state index is 12.8. The summed E-state index contributed by atoms with van der Waals surface area (Å²) in [7, 11) is -3.83. The summed E-state index contributed by atoms with van der Waals surface area (Å²) in [5.74, 6) is -0.108. The zero-order valence-corrected chi connectivity index (χ0v) is 14.0. The van der Waals surface area contributed by atoms with Crippen molar-refractivity contribution in [3.63, 3.8) is 0 Å². The van der Waals surface area contributed by atoms with Gasteiger partial charge in [0.05, 0.1) is 10.6 Å². The molecule has 0 aliphatic carbocycles. The maximum absolute atomic E-state index is 12.8. The molecule has 0 atom stereocenters. The molecule has 4 rings (SSSR count). The molecule has 124 valence electrons. The van der Waals surface area contributed by atoms with Crippen molar-refractivity contribution >= 4 is 37.3 Å². The Bertz CT molecular complexity index is 1200. The summed E-state index contributed by atoms with van der Waals surface area (Å²) < 4.78 is 28.2. The van der Waals surface area contributed by atoms with E-state index >= 15 is 0 Å². The summed E-state index contributed by atoms with van der Waals surface area (Å²) in [6.45, 7) is 0. The summed E-state index contributed by atoms with van der Waals surface area (Å²) in [6, 6.07) is 23.1. The minimum absolute atomic E-state index is 0.108. The summed E-state index contributed by atoms with van der Waals surface area (Å²) in [4.78, 5) is 0.151. The van der Waals surface area contributed by atoms with Gasteiger partial charge in [-0.2, -0.15) is 0 Å².